The van der Waals surface area contributed by atoms with Crippen molar-refractivity contribution in [2.75, 3.05) is 26.2 Å². The minimum absolute atomic E-state index is 0.0219. The van der Waals surface area contributed by atoms with Gasteiger partial charge in [-0.15, -0.1) is 0 Å². The summed E-state index contributed by atoms with van der Waals surface area (Å²) in [5, 5.41) is 3.09. The second-order valence-corrected chi connectivity index (χ2v) is 8.43. The molecular formula is C26H39N3O3. The highest BCUT2D eigenvalue weighted by atomic mass is 16.3. The summed E-state index contributed by atoms with van der Waals surface area (Å²) in [6.45, 7) is 14.0. The highest BCUT2D eigenvalue weighted by Gasteiger charge is 2.22. The summed E-state index contributed by atoms with van der Waals surface area (Å²) in [5.74, 6) is 1.19. The first-order chi connectivity index (χ1) is 15.3. The maximum Gasteiger partial charge on any atom is 0.257 e. The molecule has 2 aromatic rings. The van der Waals surface area contributed by atoms with Crippen LogP contribution in [-0.2, 0) is 11.3 Å². The molecule has 0 aliphatic heterocycles. The molecule has 0 radical (unpaired) electrons. The van der Waals surface area contributed by atoms with Crippen molar-refractivity contribution >= 4 is 11.8 Å². The van der Waals surface area contributed by atoms with Gasteiger partial charge in [0, 0.05) is 25.6 Å². The van der Waals surface area contributed by atoms with E-state index < -0.39 is 0 Å². The maximum atomic E-state index is 13.2. The van der Waals surface area contributed by atoms with Crippen LogP contribution in [0, 0.1) is 13.8 Å². The number of hydrogen-bond donors (Lipinski definition) is 1. The highest BCUT2D eigenvalue weighted by molar-refractivity contribution is 5.95. The lowest BCUT2D eigenvalue weighted by atomic mass is 10.1. The first-order valence-corrected chi connectivity index (χ1v) is 11.8. The van der Waals surface area contributed by atoms with E-state index >= 15 is 0 Å². The topological polar surface area (TPSA) is 65.8 Å². The first kappa shape index (κ1) is 25.7. The van der Waals surface area contributed by atoms with E-state index in [0.29, 0.717) is 30.2 Å². The van der Waals surface area contributed by atoms with E-state index in [2.05, 4.69) is 24.1 Å². The zero-order valence-electron chi connectivity index (χ0n) is 20.3. The van der Waals surface area contributed by atoms with Crippen molar-refractivity contribution in [3.05, 3.63) is 59.0 Å². The third-order valence-electron chi connectivity index (χ3n) is 5.80. The van der Waals surface area contributed by atoms with Crippen LogP contribution in [0.5, 0.6) is 0 Å². The number of carbonyl (C=O) groups is 2. The SMILES string of the molecule is CCN(CC)CCCC(C)NC(=O)CCN(Cc1ccccc1)C(=O)c1cc(C)oc1C. The third-order valence-corrected chi connectivity index (χ3v) is 5.80. The normalized spacial score (nSPS) is 12.1. The largest absolute Gasteiger partial charge is 0.466 e. The molecule has 1 unspecified atom stereocenters. The number of hydrogen-bond acceptors (Lipinski definition) is 4. The lowest BCUT2D eigenvalue weighted by Crippen LogP contribution is -2.38. The van der Waals surface area contributed by atoms with Crippen molar-refractivity contribution in [2.24, 2.45) is 0 Å². The van der Waals surface area contributed by atoms with E-state index in [1.165, 1.54) is 0 Å². The summed E-state index contributed by atoms with van der Waals surface area (Å²) >= 11 is 0. The molecule has 0 fully saturated rings. The van der Waals surface area contributed by atoms with Crippen molar-refractivity contribution in [1.29, 1.82) is 0 Å². The van der Waals surface area contributed by atoms with Gasteiger partial charge in [0.2, 0.25) is 5.91 Å². The average Bonchev–Trinajstić information content (AvgIpc) is 3.12. The van der Waals surface area contributed by atoms with Crippen LogP contribution in [-0.4, -0.2) is 53.8 Å². The Morgan fingerprint density at radius 2 is 1.75 bits per heavy atom. The minimum atomic E-state index is -0.108. The Balaban J connectivity index is 1.93. The van der Waals surface area contributed by atoms with Crippen LogP contribution in [0.25, 0.3) is 0 Å². The molecule has 6 nitrogen and oxygen atoms in total. The molecule has 6 heteroatoms. The first-order valence-electron chi connectivity index (χ1n) is 11.8. The monoisotopic (exact) mass is 441 g/mol. The Bertz CT molecular complexity index is 843. The third kappa shape index (κ3) is 8.15. The van der Waals surface area contributed by atoms with Crippen LogP contribution in [0.4, 0.5) is 0 Å². The van der Waals surface area contributed by atoms with Gasteiger partial charge in [0.05, 0.1) is 5.56 Å². The van der Waals surface area contributed by atoms with Gasteiger partial charge in [-0.1, -0.05) is 44.2 Å². The van der Waals surface area contributed by atoms with E-state index in [0.717, 1.165) is 38.0 Å². The molecule has 0 saturated heterocycles. The number of aryl methyl sites for hydroxylation is 2. The molecule has 1 N–H and O–H groups in total. The fraction of sp³-hybridized carbons (Fsp3) is 0.538. The van der Waals surface area contributed by atoms with Crippen LogP contribution < -0.4 is 5.32 Å². The molecule has 2 amide bonds. The lowest BCUT2D eigenvalue weighted by Gasteiger charge is -2.23. The molecule has 176 valence electrons. The van der Waals surface area contributed by atoms with E-state index in [9.17, 15) is 9.59 Å². The molecule has 1 atom stereocenters. The minimum Gasteiger partial charge on any atom is -0.466 e. The number of nitrogens with one attached hydrogen (secondary N) is 1. The van der Waals surface area contributed by atoms with Crippen molar-refractivity contribution in [3.8, 4) is 0 Å². The van der Waals surface area contributed by atoms with Gasteiger partial charge in [-0.3, -0.25) is 9.59 Å². The van der Waals surface area contributed by atoms with E-state index in [1.54, 1.807) is 17.9 Å². The molecule has 0 bridgehead atoms. The predicted octanol–water partition coefficient (Wildman–Crippen LogP) is 4.56. The van der Waals surface area contributed by atoms with Gasteiger partial charge >= 0.3 is 0 Å². The molecule has 1 aromatic heterocycles. The second kappa shape index (κ2) is 13.1. The number of furan rings is 1. The number of carbonyl (C=O) groups excluding carboxylic acids is 2. The van der Waals surface area contributed by atoms with Gasteiger partial charge in [-0.05, 0) is 64.9 Å². The molecule has 0 aliphatic carbocycles. The highest BCUT2D eigenvalue weighted by Crippen LogP contribution is 2.18. The fourth-order valence-electron chi connectivity index (χ4n) is 3.89. The van der Waals surface area contributed by atoms with Gasteiger partial charge in [0.25, 0.3) is 5.91 Å². The van der Waals surface area contributed by atoms with Gasteiger partial charge in [-0.25, -0.2) is 0 Å². The summed E-state index contributed by atoms with van der Waals surface area (Å²) in [7, 11) is 0. The Morgan fingerprint density at radius 1 is 1.06 bits per heavy atom. The predicted molar refractivity (Wildman–Crippen MR) is 129 cm³/mol. The summed E-state index contributed by atoms with van der Waals surface area (Å²) in [5.41, 5.74) is 1.59. The van der Waals surface area contributed by atoms with E-state index in [-0.39, 0.29) is 24.3 Å². The van der Waals surface area contributed by atoms with Crippen molar-refractivity contribution in [3.63, 3.8) is 0 Å². The molecule has 2 rings (SSSR count). The molecule has 1 heterocycles. The Labute approximate surface area is 193 Å². The molecule has 1 aromatic carbocycles. The fourth-order valence-corrected chi connectivity index (χ4v) is 3.89. The number of benzene rings is 1. The van der Waals surface area contributed by atoms with Gasteiger partial charge in [-0.2, -0.15) is 0 Å². The zero-order chi connectivity index (χ0) is 23.5. The summed E-state index contributed by atoms with van der Waals surface area (Å²) in [6.07, 6.45) is 2.28. The van der Waals surface area contributed by atoms with E-state index in [4.69, 9.17) is 4.42 Å². The average molecular weight is 442 g/mol. The van der Waals surface area contributed by atoms with Gasteiger partial charge in [0.1, 0.15) is 11.5 Å². The molecule has 0 aliphatic rings. The molecular weight excluding hydrogens is 402 g/mol. The maximum absolute atomic E-state index is 13.2. The van der Waals surface area contributed by atoms with Crippen LogP contribution in [0.15, 0.2) is 40.8 Å². The lowest BCUT2D eigenvalue weighted by molar-refractivity contribution is -0.121. The standard InChI is InChI=1S/C26H39N3O3/c1-6-28(7-2)16-11-12-20(3)27-25(30)15-17-29(19-23-13-9-8-10-14-23)26(31)24-18-21(4)32-22(24)5/h8-10,13-14,18,20H,6-7,11-12,15-17,19H2,1-5H3,(H,27,30). The quantitative estimate of drug-likeness (QED) is 0.495. The molecule has 32 heavy (non-hydrogen) atoms. The number of amides is 2. The second-order valence-electron chi connectivity index (χ2n) is 8.43. The van der Waals surface area contributed by atoms with Crippen LogP contribution >= 0.6 is 0 Å². The zero-order valence-corrected chi connectivity index (χ0v) is 20.3. The smallest absolute Gasteiger partial charge is 0.257 e. The van der Waals surface area contributed by atoms with Crippen LogP contribution in [0.1, 0.15) is 67.5 Å². The summed E-state index contributed by atoms with van der Waals surface area (Å²) in [4.78, 5) is 29.9. The van der Waals surface area contributed by atoms with Crippen molar-refractivity contribution in [1.82, 2.24) is 15.1 Å². The van der Waals surface area contributed by atoms with Crippen LogP contribution in [0.3, 0.4) is 0 Å². The van der Waals surface area contributed by atoms with Crippen molar-refractivity contribution < 1.29 is 14.0 Å². The number of rotatable bonds is 13. The Hall–Kier alpha value is -2.60. The molecule has 0 spiro atoms. The Morgan fingerprint density at radius 3 is 2.34 bits per heavy atom. The van der Waals surface area contributed by atoms with Gasteiger partial charge in [0.15, 0.2) is 0 Å². The summed E-state index contributed by atoms with van der Waals surface area (Å²) in [6, 6.07) is 11.7. The van der Waals surface area contributed by atoms with Crippen molar-refractivity contribution in [2.45, 2.75) is 66.5 Å². The summed E-state index contributed by atoms with van der Waals surface area (Å²) < 4.78 is 5.55. The molecule has 0 saturated carbocycles. The number of nitrogens with zero attached hydrogens (tertiary/aromatic N) is 2. The Kier molecular flexibility index (Phi) is 10.5. The van der Waals surface area contributed by atoms with Crippen LogP contribution in [0.2, 0.25) is 0 Å². The van der Waals surface area contributed by atoms with E-state index in [1.807, 2.05) is 44.2 Å². The van der Waals surface area contributed by atoms with Gasteiger partial charge < -0.3 is 19.5 Å².